The molecule has 1 aliphatic heterocycles. The number of hydrogen-bond donors (Lipinski definition) is 1. The van der Waals surface area contributed by atoms with Crippen molar-refractivity contribution in [1.29, 1.82) is 5.26 Å². The highest BCUT2D eigenvalue weighted by Crippen LogP contribution is 2.41. The fraction of sp³-hybridized carbons (Fsp3) is 0.158. The summed E-state index contributed by atoms with van der Waals surface area (Å²) in [5, 5.41) is 11.4. The van der Waals surface area contributed by atoms with E-state index >= 15 is 0 Å². The smallest absolute Gasteiger partial charge is 0.338 e. The Labute approximate surface area is 149 Å². The summed E-state index contributed by atoms with van der Waals surface area (Å²) in [6, 6.07) is 15.2. The molecule has 2 heterocycles. The number of nitrogens with zero attached hydrogens (tertiary/aromatic N) is 1. The normalized spacial score (nSPS) is 17.0. The molecule has 0 radical (unpaired) electrons. The lowest BCUT2D eigenvalue weighted by atomic mass is 9.87. The first kappa shape index (κ1) is 16.8. The SMILES string of the molecule is CC1=C(C(=O)OCc2ccccc2)C(c2cccs2)C(C#N)=C(N)O1. The lowest BCUT2D eigenvalue weighted by Gasteiger charge is -2.25. The van der Waals surface area contributed by atoms with Crippen molar-refractivity contribution in [3.8, 4) is 6.07 Å². The van der Waals surface area contributed by atoms with E-state index in [1.807, 2.05) is 47.8 Å². The number of nitriles is 1. The van der Waals surface area contributed by atoms with E-state index in [0.29, 0.717) is 11.3 Å². The maximum Gasteiger partial charge on any atom is 0.338 e. The van der Waals surface area contributed by atoms with Gasteiger partial charge < -0.3 is 15.2 Å². The highest BCUT2D eigenvalue weighted by atomic mass is 32.1. The Morgan fingerprint density at radius 1 is 1.32 bits per heavy atom. The summed E-state index contributed by atoms with van der Waals surface area (Å²) in [7, 11) is 0. The van der Waals surface area contributed by atoms with E-state index in [-0.39, 0.29) is 18.1 Å². The molecule has 0 fully saturated rings. The second-order valence-corrected chi connectivity index (χ2v) is 6.45. The van der Waals surface area contributed by atoms with Crippen molar-refractivity contribution in [2.45, 2.75) is 19.4 Å². The molecule has 1 unspecified atom stereocenters. The van der Waals surface area contributed by atoms with Crippen LogP contribution in [0, 0.1) is 11.3 Å². The van der Waals surface area contributed by atoms with E-state index < -0.39 is 11.9 Å². The van der Waals surface area contributed by atoms with Gasteiger partial charge >= 0.3 is 5.97 Å². The van der Waals surface area contributed by atoms with Crippen LogP contribution in [0.3, 0.4) is 0 Å². The van der Waals surface area contributed by atoms with Crippen molar-refractivity contribution >= 4 is 17.3 Å². The Hall–Kier alpha value is -3.04. The van der Waals surface area contributed by atoms with Crippen molar-refractivity contribution in [2.24, 2.45) is 5.73 Å². The number of ether oxygens (including phenoxy) is 2. The van der Waals surface area contributed by atoms with Gasteiger partial charge in [-0.1, -0.05) is 36.4 Å². The van der Waals surface area contributed by atoms with Gasteiger partial charge in [0.2, 0.25) is 5.88 Å². The summed E-state index contributed by atoms with van der Waals surface area (Å²) in [6.07, 6.45) is 0. The first-order chi connectivity index (χ1) is 12.1. The van der Waals surface area contributed by atoms with Gasteiger partial charge in [-0.05, 0) is 23.9 Å². The molecule has 0 bridgehead atoms. The van der Waals surface area contributed by atoms with E-state index in [1.165, 1.54) is 11.3 Å². The molecule has 126 valence electrons. The molecule has 2 aromatic rings. The first-order valence-corrected chi connectivity index (χ1v) is 8.52. The summed E-state index contributed by atoms with van der Waals surface area (Å²) in [5.74, 6) is -0.701. The van der Waals surface area contributed by atoms with E-state index in [9.17, 15) is 10.1 Å². The van der Waals surface area contributed by atoms with Crippen LogP contribution in [-0.4, -0.2) is 5.97 Å². The quantitative estimate of drug-likeness (QED) is 0.850. The summed E-state index contributed by atoms with van der Waals surface area (Å²) in [5.41, 5.74) is 7.27. The Kier molecular flexibility index (Phi) is 4.87. The van der Waals surface area contributed by atoms with Crippen molar-refractivity contribution in [3.63, 3.8) is 0 Å². The Morgan fingerprint density at radius 2 is 2.08 bits per heavy atom. The minimum absolute atomic E-state index is 0.0259. The molecule has 1 aromatic carbocycles. The molecule has 3 rings (SSSR count). The Bertz CT molecular complexity index is 877. The summed E-state index contributed by atoms with van der Waals surface area (Å²) < 4.78 is 10.9. The van der Waals surface area contributed by atoms with Gasteiger partial charge in [-0.15, -0.1) is 11.3 Å². The van der Waals surface area contributed by atoms with Crippen molar-refractivity contribution < 1.29 is 14.3 Å². The van der Waals surface area contributed by atoms with Crippen LogP contribution in [0.1, 0.15) is 23.3 Å². The zero-order valence-corrected chi connectivity index (χ0v) is 14.4. The van der Waals surface area contributed by atoms with Crippen LogP contribution in [0.15, 0.2) is 70.6 Å². The Morgan fingerprint density at radius 3 is 2.72 bits per heavy atom. The minimum atomic E-state index is -0.568. The molecule has 2 N–H and O–H groups in total. The highest BCUT2D eigenvalue weighted by molar-refractivity contribution is 7.10. The van der Waals surface area contributed by atoms with Crippen LogP contribution < -0.4 is 5.73 Å². The van der Waals surface area contributed by atoms with Crippen molar-refractivity contribution in [2.75, 3.05) is 0 Å². The number of rotatable bonds is 4. The second kappa shape index (κ2) is 7.24. The molecule has 1 aromatic heterocycles. The van der Waals surface area contributed by atoms with Gasteiger partial charge in [0.05, 0.1) is 11.5 Å². The van der Waals surface area contributed by atoms with Gasteiger partial charge in [-0.2, -0.15) is 5.26 Å². The third kappa shape index (κ3) is 3.42. The molecule has 0 aliphatic carbocycles. The summed E-state index contributed by atoms with van der Waals surface area (Å²) >= 11 is 1.45. The fourth-order valence-corrected chi connectivity index (χ4v) is 3.53. The van der Waals surface area contributed by atoms with Crippen LogP contribution in [0.2, 0.25) is 0 Å². The van der Waals surface area contributed by atoms with Crippen LogP contribution >= 0.6 is 11.3 Å². The molecular formula is C19H16N2O3S. The molecule has 0 amide bonds. The number of carbonyl (C=O) groups excluding carboxylic acids is 1. The van der Waals surface area contributed by atoms with Gasteiger partial charge in [0, 0.05) is 4.88 Å². The minimum Gasteiger partial charge on any atom is -0.457 e. The lowest BCUT2D eigenvalue weighted by molar-refractivity contribution is -0.140. The topological polar surface area (TPSA) is 85.3 Å². The van der Waals surface area contributed by atoms with E-state index in [2.05, 4.69) is 6.07 Å². The average Bonchev–Trinajstić information content (AvgIpc) is 3.14. The van der Waals surface area contributed by atoms with E-state index in [1.54, 1.807) is 6.92 Å². The molecule has 6 heteroatoms. The van der Waals surface area contributed by atoms with Crippen LogP contribution in [-0.2, 0) is 20.9 Å². The molecule has 5 nitrogen and oxygen atoms in total. The predicted octanol–water partition coefficient (Wildman–Crippen LogP) is 3.57. The molecule has 25 heavy (non-hydrogen) atoms. The third-order valence-electron chi connectivity index (χ3n) is 3.87. The van der Waals surface area contributed by atoms with Crippen LogP contribution in [0.5, 0.6) is 0 Å². The number of carbonyl (C=O) groups is 1. The number of benzene rings is 1. The number of thiophene rings is 1. The summed E-state index contributed by atoms with van der Waals surface area (Å²) in [6.45, 7) is 1.80. The van der Waals surface area contributed by atoms with Crippen LogP contribution in [0.4, 0.5) is 0 Å². The molecule has 1 atom stereocenters. The molecular weight excluding hydrogens is 336 g/mol. The zero-order chi connectivity index (χ0) is 17.8. The van der Waals surface area contributed by atoms with E-state index in [0.717, 1.165) is 10.4 Å². The Balaban J connectivity index is 1.90. The van der Waals surface area contributed by atoms with E-state index in [4.69, 9.17) is 15.2 Å². The number of hydrogen-bond acceptors (Lipinski definition) is 6. The van der Waals surface area contributed by atoms with Gasteiger partial charge in [0.25, 0.3) is 0 Å². The maximum atomic E-state index is 12.7. The van der Waals surface area contributed by atoms with Crippen molar-refractivity contribution in [3.05, 3.63) is 81.1 Å². The molecule has 1 aliphatic rings. The predicted molar refractivity (Wildman–Crippen MR) is 93.9 cm³/mol. The number of allylic oxidation sites excluding steroid dienone is 2. The van der Waals surface area contributed by atoms with Crippen molar-refractivity contribution in [1.82, 2.24) is 0 Å². The average molecular weight is 352 g/mol. The van der Waals surface area contributed by atoms with Gasteiger partial charge in [0.1, 0.15) is 24.0 Å². The third-order valence-corrected chi connectivity index (χ3v) is 4.80. The van der Waals surface area contributed by atoms with Gasteiger partial charge in [-0.3, -0.25) is 0 Å². The summed E-state index contributed by atoms with van der Waals surface area (Å²) in [4.78, 5) is 13.6. The fourth-order valence-electron chi connectivity index (χ4n) is 2.69. The van der Waals surface area contributed by atoms with Crippen LogP contribution in [0.25, 0.3) is 0 Å². The largest absolute Gasteiger partial charge is 0.457 e. The van der Waals surface area contributed by atoms with Gasteiger partial charge in [-0.25, -0.2) is 4.79 Å². The number of esters is 1. The number of nitrogens with two attached hydrogens (primary N) is 1. The monoisotopic (exact) mass is 352 g/mol. The van der Waals surface area contributed by atoms with Gasteiger partial charge in [0.15, 0.2) is 0 Å². The zero-order valence-electron chi connectivity index (χ0n) is 13.6. The highest BCUT2D eigenvalue weighted by Gasteiger charge is 2.36. The molecule has 0 spiro atoms. The molecule has 0 saturated heterocycles. The second-order valence-electron chi connectivity index (χ2n) is 5.47. The maximum absolute atomic E-state index is 12.7. The molecule has 0 saturated carbocycles. The lowest BCUT2D eigenvalue weighted by Crippen LogP contribution is -2.25. The standard InChI is InChI=1S/C19H16N2O3S/c1-12-16(19(22)23-11-13-6-3-2-4-7-13)17(15-8-5-9-25-15)14(10-20)18(21)24-12/h2-9,17H,11,21H2,1H3. The first-order valence-electron chi connectivity index (χ1n) is 7.64.